The lowest BCUT2D eigenvalue weighted by molar-refractivity contribution is 0.399. The van der Waals surface area contributed by atoms with Gasteiger partial charge in [-0.2, -0.15) is 15.0 Å². The second-order valence-electron chi connectivity index (χ2n) is 6.61. The van der Waals surface area contributed by atoms with Gasteiger partial charge in [0.1, 0.15) is 11.4 Å². The Morgan fingerprint density at radius 3 is 2.52 bits per heavy atom. The van der Waals surface area contributed by atoms with Crippen LogP contribution in [0.25, 0.3) is 11.3 Å². The molecule has 0 unspecified atom stereocenters. The van der Waals surface area contributed by atoms with Crippen molar-refractivity contribution in [2.45, 2.75) is 13.1 Å². The molecule has 5 nitrogen and oxygen atoms in total. The van der Waals surface area contributed by atoms with Crippen molar-refractivity contribution in [2.24, 2.45) is 0 Å². The Morgan fingerprint density at radius 1 is 1.04 bits per heavy atom. The van der Waals surface area contributed by atoms with Crippen molar-refractivity contribution in [1.29, 1.82) is 0 Å². The van der Waals surface area contributed by atoms with Gasteiger partial charge in [0.05, 0.1) is 6.54 Å². The molecule has 0 saturated heterocycles. The van der Waals surface area contributed by atoms with Gasteiger partial charge in [0, 0.05) is 35.2 Å². The van der Waals surface area contributed by atoms with Gasteiger partial charge in [-0.15, -0.1) is 0 Å². The number of hydrogen-bond acceptors (Lipinski definition) is 4. The van der Waals surface area contributed by atoms with E-state index in [4.69, 9.17) is 33.4 Å². The third-order valence-electron chi connectivity index (χ3n) is 4.13. The lowest BCUT2D eigenvalue weighted by atomic mass is 10.1. The molecule has 0 radical (unpaired) electrons. The van der Waals surface area contributed by atoms with Gasteiger partial charge in [-0.3, -0.25) is 0 Å². The molecule has 0 spiro atoms. The summed E-state index contributed by atoms with van der Waals surface area (Å²) >= 11 is 12.3. The monoisotopic (exact) mass is 403 g/mol. The van der Waals surface area contributed by atoms with Crippen LogP contribution in [0.1, 0.15) is 11.3 Å². The number of benzene rings is 2. The third-order valence-corrected chi connectivity index (χ3v) is 4.71. The zero-order valence-corrected chi connectivity index (χ0v) is 17.0. The first kappa shape index (κ1) is 19.8. The molecule has 0 amide bonds. The quantitative estimate of drug-likeness (QED) is 0.578. The molecule has 0 aliphatic heterocycles. The molecule has 0 aliphatic carbocycles. The molecule has 7 heteroatoms. The van der Waals surface area contributed by atoms with Crippen LogP contribution in [0, 0.1) is 0 Å². The van der Waals surface area contributed by atoms with E-state index in [0.717, 1.165) is 35.6 Å². The summed E-state index contributed by atoms with van der Waals surface area (Å²) in [5, 5.41) is 14.1. The normalized spacial score (nSPS) is 11.3. The van der Waals surface area contributed by atoms with Crippen LogP contribution in [-0.2, 0) is 13.1 Å². The minimum atomic E-state index is 0.494. The predicted molar refractivity (Wildman–Crippen MR) is 111 cm³/mol. The van der Waals surface area contributed by atoms with Gasteiger partial charge < -0.3 is 10.2 Å². The van der Waals surface area contributed by atoms with Gasteiger partial charge in [-0.25, -0.2) is 0 Å². The van der Waals surface area contributed by atoms with E-state index in [1.165, 1.54) is 0 Å². The molecule has 0 fully saturated rings. The van der Waals surface area contributed by atoms with Crippen molar-refractivity contribution in [3.63, 3.8) is 0 Å². The average Bonchev–Trinajstić information content (AvgIpc) is 3.04. The summed E-state index contributed by atoms with van der Waals surface area (Å²) in [6.45, 7) is 3.01. The van der Waals surface area contributed by atoms with E-state index in [2.05, 4.69) is 24.3 Å². The summed E-state index contributed by atoms with van der Waals surface area (Å²) in [5.74, 6) is 0. The number of aromatic nitrogens is 3. The zero-order valence-electron chi connectivity index (χ0n) is 15.5. The highest BCUT2D eigenvalue weighted by Gasteiger charge is 2.14. The Hall–Kier alpha value is -1.92. The van der Waals surface area contributed by atoms with E-state index < -0.39 is 0 Å². The second-order valence-corrected chi connectivity index (χ2v) is 7.45. The Kier molecular flexibility index (Phi) is 6.85. The fourth-order valence-corrected chi connectivity index (χ4v) is 3.17. The molecule has 0 aliphatic rings. The van der Waals surface area contributed by atoms with Crippen molar-refractivity contribution in [3.05, 3.63) is 69.8 Å². The van der Waals surface area contributed by atoms with Crippen LogP contribution in [0.4, 0.5) is 0 Å². The highest BCUT2D eigenvalue weighted by Crippen LogP contribution is 2.23. The molecule has 3 rings (SSSR count). The first-order valence-corrected chi connectivity index (χ1v) is 9.57. The molecule has 3 aromatic rings. The number of nitrogens with one attached hydrogen (secondary N) is 1. The maximum absolute atomic E-state index is 6.30. The van der Waals surface area contributed by atoms with Gasteiger partial charge in [-0.05, 0) is 31.8 Å². The van der Waals surface area contributed by atoms with Crippen LogP contribution < -0.4 is 5.32 Å². The van der Waals surface area contributed by atoms with E-state index in [9.17, 15) is 0 Å². The summed E-state index contributed by atoms with van der Waals surface area (Å²) < 4.78 is 0. The number of likely N-dealkylation sites (N-methyl/N-ethyl adjacent to an activating group) is 1. The lowest BCUT2D eigenvalue weighted by Gasteiger charge is -2.09. The van der Waals surface area contributed by atoms with Gasteiger partial charge in [0.25, 0.3) is 0 Å². The Bertz CT molecular complexity index is 877. The van der Waals surface area contributed by atoms with Crippen LogP contribution >= 0.6 is 23.2 Å². The van der Waals surface area contributed by atoms with Crippen molar-refractivity contribution in [2.75, 3.05) is 27.2 Å². The van der Waals surface area contributed by atoms with Crippen molar-refractivity contribution < 1.29 is 0 Å². The summed E-state index contributed by atoms with van der Waals surface area (Å²) in [7, 11) is 4.12. The predicted octanol–water partition coefficient (Wildman–Crippen LogP) is 3.95. The maximum Gasteiger partial charge on any atom is 0.117 e. The minimum Gasteiger partial charge on any atom is -0.310 e. The number of halogens is 2. The first-order chi connectivity index (χ1) is 13.0. The molecule has 0 saturated carbocycles. The number of nitrogens with zero attached hydrogens (tertiary/aromatic N) is 4. The van der Waals surface area contributed by atoms with E-state index in [0.29, 0.717) is 23.1 Å². The molecule has 27 heavy (non-hydrogen) atoms. The standard InChI is InChI=1S/C20H23Cl2N5/c1-26(2)11-10-23-13-19-20(15-6-4-3-5-7-15)25-27(24-19)14-16-8-9-17(21)12-18(16)22/h3-9,12,23H,10-11,13-14H2,1-2H3. The van der Waals surface area contributed by atoms with Gasteiger partial charge >= 0.3 is 0 Å². The SMILES string of the molecule is CN(C)CCNCc1nn(Cc2ccc(Cl)cc2Cl)nc1-c1ccccc1. The maximum atomic E-state index is 6.30. The highest BCUT2D eigenvalue weighted by atomic mass is 35.5. The summed E-state index contributed by atoms with van der Waals surface area (Å²) in [6.07, 6.45) is 0. The van der Waals surface area contributed by atoms with Crippen molar-refractivity contribution in [3.8, 4) is 11.3 Å². The molecule has 0 bridgehead atoms. The Labute approximate surface area is 169 Å². The van der Waals surface area contributed by atoms with Crippen LogP contribution in [-0.4, -0.2) is 47.1 Å². The topological polar surface area (TPSA) is 46.0 Å². The van der Waals surface area contributed by atoms with Crippen LogP contribution in [0.15, 0.2) is 48.5 Å². The van der Waals surface area contributed by atoms with Crippen LogP contribution in [0.2, 0.25) is 10.0 Å². The number of hydrogen-bond donors (Lipinski definition) is 1. The molecule has 142 valence electrons. The van der Waals surface area contributed by atoms with E-state index in [1.54, 1.807) is 10.9 Å². The molecule has 2 aromatic carbocycles. The third kappa shape index (κ3) is 5.53. The van der Waals surface area contributed by atoms with Gasteiger partial charge in [0.2, 0.25) is 0 Å². The minimum absolute atomic E-state index is 0.494. The first-order valence-electron chi connectivity index (χ1n) is 8.81. The molecule has 1 N–H and O–H groups in total. The van der Waals surface area contributed by atoms with E-state index >= 15 is 0 Å². The largest absolute Gasteiger partial charge is 0.310 e. The lowest BCUT2D eigenvalue weighted by Crippen LogP contribution is -2.26. The van der Waals surface area contributed by atoms with Gasteiger partial charge in [0.15, 0.2) is 0 Å². The van der Waals surface area contributed by atoms with Crippen LogP contribution in [0.3, 0.4) is 0 Å². The summed E-state index contributed by atoms with van der Waals surface area (Å²) in [6, 6.07) is 15.6. The highest BCUT2D eigenvalue weighted by molar-refractivity contribution is 6.35. The molecule has 1 heterocycles. The fourth-order valence-electron chi connectivity index (χ4n) is 2.70. The average molecular weight is 404 g/mol. The fraction of sp³-hybridized carbons (Fsp3) is 0.300. The van der Waals surface area contributed by atoms with Gasteiger partial charge in [-0.1, -0.05) is 59.6 Å². The zero-order chi connectivity index (χ0) is 19.2. The Morgan fingerprint density at radius 2 is 1.81 bits per heavy atom. The van der Waals surface area contributed by atoms with Crippen molar-refractivity contribution in [1.82, 2.24) is 25.2 Å². The molecule has 0 atom stereocenters. The molecular formula is C20H23Cl2N5. The van der Waals surface area contributed by atoms with E-state index in [-0.39, 0.29) is 0 Å². The second kappa shape index (κ2) is 9.33. The van der Waals surface area contributed by atoms with E-state index in [1.807, 2.05) is 42.5 Å². The molecular weight excluding hydrogens is 381 g/mol. The number of rotatable bonds is 8. The van der Waals surface area contributed by atoms with Crippen LogP contribution in [0.5, 0.6) is 0 Å². The summed E-state index contributed by atoms with van der Waals surface area (Å²) in [5.41, 5.74) is 3.79. The Balaban J connectivity index is 1.82. The smallest absolute Gasteiger partial charge is 0.117 e. The molecule has 1 aromatic heterocycles. The van der Waals surface area contributed by atoms with Crippen molar-refractivity contribution >= 4 is 23.2 Å². The summed E-state index contributed by atoms with van der Waals surface area (Å²) in [4.78, 5) is 3.84.